The minimum absolute atomic E-state index is 0.0266. The molecule has 4 heterocycles. The molecule has 0 aromatic carbocycles. The third kappa shape index (κ3) is 3.32. The predicted octanol–water partition coefficient (Wildman–Crippen LogP) is 1.86. The number of aryl methyl sites for hydroxylation is 1. The maximum absolute atomic E-state index is 12.4. The van der Waals surface area contributed by atoms with Crippen LogP contribution in [0.3, 0.4) is 0 Å². The Kier molecular flexibility index (Phi) is 4.88. The molecule has 0 bridgehead atoms. The second-order valence-corrected chi connectivity index (χ2v) is 8.38. The maximum Gasteiger partial charge on any atom is 0.410 e. The van der Waals surface area contributed by atoms with Crippen LogP contribution in [0.25, 0.3) is 0 Å². The summed E-state index contributed by atoms with van der Waals surface area (Å²) < 4.78 is 9.92. The molecule has 1 aromatic heterocycles. The number of fused-ring (bicyclic) bond motifs is 1. The molecule has 8 heteroatoms. The third-order valence-corrected chi connectivity index (χ3v) is 6.58. The van der Waals surface area contributed by atoms with Crippen molar-refractivity contribution in [3.05, 3.63) is 16.6 Å². The molecule has 0 unspecified atom stereocenters. The molecule has 0 radical (unpaired) electrons. The highest BCUT2D eigenvalue weighted by molar-refractivity contribution is 7.05. The number of likely N-dealkylation sites (tertiary alicyclic amines) is 2. The largest absolute Gasteiger partial charge is 0.442 e. The molecule has 1 aromatic rings. The number of rotatable bonds is 4. The molecular formula is C18H26N4O3S. The van der Waals surface area contributed by atoms with Gasteiger partial charge in [0.2, 0.25) is 5.91 Å². The van der Waals surface area contributed by atoms with Gasteiger partial charge in [-0.2, -0.15) is 4.37 Å². The topological polar surface area (TPSA) is 66.0 Å². The number of carbonyl (C=O) groups excluding carboxylic acids is 2. The van der Waals surface area contributed by atoms with Crippen molar-refractivity contribution in [3.63, 3.8) is 0 Å². The van der Waals surface area contributed by atoms with Gasteiger partial charge in [-0.25, -0.2) is 4.79 Å². The predicted molar refractivity (Wildman–Crippen MR) is 97.9 cm³/mol. The van der Waals surface area contributed by atoms with E-state index in [1.54, 1.807) is 11.5 Å². The summed E-state index contributed by atoms with van der Waals surface area (Å²) in [4.78, 5) is 31.9. The molecule has 0 saturated carbocycles. The number of aromatic nitrogens is 1. The third-order valence-electron chi connectivity index (χ3n) is 5.72. The average molecular weight is 378 g/mol. The number of ether oxygens (including phenoxy) is 1. The molecule has 0 spiro atoms. The maximum atomic E-state index is 12.4. The molecule has 3 aliphatic heterocycles. The molecule has 0 aliphatic carbocycles. The van der Waals surface area contributed by atoms with E-state index in [1.165, 1.54) is 4.88 Å². The number of hydrogen-bond acceptors (Lipinski definition) is 6. The normalized spacial score (nSPS) is 27.1. The van der Waals surface area contributed by atoms with Gasteiger partial charge in [-0.05, 0) is 37.4 Å². The van der Waals surface area contributed by atoms with Crippen molar-refractivity contribution in [2.45, 2.75) is 57.8 Å². The van der Waals surface area contributed by atoms with E-state index in [9.17, 15) is 9.59 Å². The fraction of sp³-hybridized carbons (Fsp3) is 0.722. The van der Waals surface area contributed by atoms with Gasteiger partial charge in [0.1, 0.15) is 6.10 Å². The summed E-state index contributed by atoms with van der Waals surface area (Å²) in [5.74, 6) is 0.144. The molecule has 2 amide bonds. The van der Waals surface area contributed by atoms with Crippen LogP contribution in [0.5, 0.6) is 0 Å². The lowest BCUT2D eigenvalue weighted by Crippen LogP contribution is -2.50. The lowest BCUT2D eigenvalue weighted by Gasteiger charge is -2.37. The highest BCUT2D eigenvalue weighted by atomic mass is 32.1. The Hall–Kier alpha value is -1.67. The quantitative estimate of drug-likeness (QED) is 0.800. The van der Waals surface area contributed by atoms with E-state index in [-0.39, 0.29) is 30.2 Å². The molecule has 2 atom stereocenters. The Bertz CT molecular complexity index is 686. The van der Waals surface area contributed by atoms with Crippen LogP contribution >= 0.6 is 11.5 Å². The molecule has 3 fully saturated rings. The number of amides is 2. The highest BCUT2D eigenvalue weighted by Gasteiger charge is 2.51. The van der Waals surface area contributed by atoms with Gasteiger partial charge in [0.25, 0.3) is 0 Å². The fourth-order valence-electron chi connectivity index (χ4n) is 4.38. The van der Waals surface area contributed by atoms with E-state index in [4.69, 9.17) is 4.74 Å². The Balaban J connectivity index is 1.35. The summed E-state index contributed by atoms with van der Waals surface area (Å²) >= 11 is 1.57. The fourth-order valence-corrected chi connectivity index (χ4v) is 5.16. The number of nitrogens with zero attached hydrogens (tertiary/aromatic N) is 4. The lowest BCUT2D eigenvalue weighted by molar-refractivity contribution is -0.130. The van der Waals surface area contributed by atoms with Gasteiger partial charge in [0.15, 0.2) is 0 Å². The standard InChI is InChI=1S/C18H26N4O3S/c1-3-17(23)21-10-15-16(11-21)25-18(24)22(15)13-4-6-20(7-5-13)9-14-8-12(2)19-26-14/h8,13,15-16H,3-7,9-11H2,1-2H3/t15-,16+/m1/s1. The zero-order valence-electron chi connectivity index (χ0n) is 15.4. The molecule has 3 aliphatic rings. The Morgan fingerprint density at radius 2 is 2.12 bits per heavy atom. The molecule has 7 nitrogen and oxygen atoms in total. The zero-order valence-corrected chi connectivity index (χ0v) is 16.2. The van der Waals surface area contributed by atoms with Crippen LogP contribution in [-0.4, -0.2) is 75.4 Å². The molecule has 142 valence electrons. The molecule has 4 rings (SSSR count). The smallest absolute Gasteiger partial charge is 0.410 e. The van der Waals surface area contributed by atoms with Crippen molar-refractivity contribution in [2.75, 3.05) is 26.2 Å². The van der Waals surface area contributed by atoms with Gasteiger partial charge >= 0.3 is 6.09 Å². The summed E-state index contributed by atoms with van der Waals surface area (Å²) in [5, 5.41) is 0. The van der Waals surface area contributed by atoms with E-state index in [1.807, 2.05) is 23.6 Å². The first kappa shape index (κ1) is 17.7. The lowest BCUT2D eigenvalue weighted by atomic mass is 10.0. The number of hydrogen-bond donors (Lipinski definition) is 0. The summed E-state index contributed by atoms with van der Waals surface area (Å²) in [6.07, 6.45) is 2.06. The van der Waals surface area contributed by atoms with E-state index in [0.29, 0.717) is 19.5 Å². The summed E-state index contributed by atoms with van der Waals surface area (Å²) in [7, 11) is 0. The zero-order chi connectivity index (χ0) is 18.3. The van der Waals surface area contributed by atoms with Gasteiger partial charge < -0.3 is 9.64 Å². The van der Waals surface area contributed by atoms with Gasteiger partial charge in [-0.15, -0.1) is 0 Å². The SMILES string of the molecule is CCC(=O)N1C[C@@H]2OC(=O)N(C3CCN(Cc4cc(C)ns4)CC3)[C@@H]2C1. The monoisotopic (exact) mass is 378 g/mol. The Morgan fingerprint density at radius 3 is 2.77 bits per heavy atom. The van der Waals surface area contributed by atoms with Crippen LogP contribution in [-0.2, 0) is 16.1 Å². The van der Waals surface area contributed by atoms with Crippen molar-refractivity contribution in [1.82, 2.24) is 19.1 Å². The van der Waals surface area contributed by atoms with Crippen molar-refractivity contribution in [1.29, 1.82) is 0 Å². The summed E-state index contributed by atoms with van der Waals surface area (Å²) in [5.41, 5.74) is 1.08. The Morgan fingerprint density at radius 1 is 1.35 bits per heavy atom. The van der Waals surface area contributed by atoms with Crippen LogP contribution in [0.2, 0.25) is 0 Å². The van der Waals surface area contributed by atoms with Crippen LogP contribution in [0.1, 0.15) is 36.8 Å². The second-order valence-electron chi connectivity index (χ2n) is 7.49. The Labute approximate surface area is 158 Å². The van der Waals surface area contributed by atoms with Crippen molar-refractivity contribution >= 4 is 23.5 Å². The van der Waals surface area contributed by atoms with Gasteiger partial charge in [-0.3, -0.25) is 14.6 Å². The average Bonchev–Trinajstić information content (AvgIpc) is 3.29. The first-order valence-electron chi connectivity index (χ1n) is 9.46. The second kappa shape index (κ2) is 7.15. The van der Waals surface area contributed by atoms with Crippen molar-refractivity contribution in [3.8, 4) is 0 Å². The minimum atomic E-state index is -0.194. The molecular weight excluding hydrogens is 352 g/mol. The number of piperidine rings is 1. The van der Waals surface area contributed by atoms with E-state index in [2.05, 4.69) is 15.3 Å². The number of carbonyl (C=O) groups is 2. The van der Waals surface area contributed by atoms with Gasteiger partial charge in [0.05, 0.1) is 18.3 Å². The van der Waals surface area contributed by atoms with Gasteiger partial charge in [-0.1, -0.05) is 6.92 Å². The van der Waals surface area contributed by atoms with Crippen LogP contribution in [0.15, 0.2) is 6.07 Å². The highest BCUT2D eigenvalue weighted by Crippen LogP contribution is 2.32. The molecule has 3 saturated heterocycles. The van der Waals surface area contributed by atoms with E-state index < -0.39 is 0 Å². The molecule has 26 heavy (non-hydrogen) atoms. The molecule has 0 N–H and O–H groups in total. The van der Waals surface area contributed by atoms with Crippen molar-refractivity contribution < 1.29 is 14.3 Å². The van der Waals surface area contributed by atoms with Gasteiger partial charge in [0, 0.05) is 43.5 Å². The minimum Gasteiger partial charge on any atom is -0.442 e. The van der Waals surface area contributed by atoms with Crippen molar-refractivity contribution in [2.24, 2.45) is 0 Å². The van der Waals surface area contributed by atoms with E-state index >= 15 is 0 Å². The first-order valence-corrected chi connectivity index (χ1v) is 10.2. The summed E-state index contributed by atoms with van der Waals surface area (Å²) in [6, 6.07) is 2.39. The van der Waals surface area contributed by atoms with Crippen LogP contribution in [0, 0.1) is 6.92 Å². The summed E-state index contributed by atoms with van der Waals surface area (Å²) in [6.45, 7) is 7.94. The first-order chi connectivity index (χ1) is 12.5. The van der Waals surface area contributed by atoms with Crippen LogP contribution in [0.4, 0.5) is 4.79 Å². The van der Waals surface area contributed by atoms with E-state index in [0.717, 1.165) is 38.2 Å². The van der Waals surface area contributed by atoms with Crippen LogP contribution < -0.4 is 0 Å².